The van der Waals surface area contributed by atoms with Crippen LogP contribution < -0.4 is 0 Å². The van der Waals surface area contributed by atoms with Crippen LogP contribution in [-0.2, 0) is 20.1 Å². The number of carbonyl (C=O) groups excluding carboxylic acids is 1. The van der Waals surface area contributed by atoms with Crippen LogP contribution in [0.3, 0.4) is 0 Å². The van der Waals surface area contributed by atoms with Gasteiger partial charge in [0.2, 0.25) is 0 Å². The number of benzene rings is 1. The molecule has 0 saturated carbocycles. The van der Waals surface area contributed by atoms with E-state index < -0.39 is 28.7 Å². The van der Waals surface area contributed by atoms with E-state index in [4.69, 9.17) is 4.74 Å². The lowest BCUT2D eigenvalue weighted by Crippen LogP contribution is -2.38. The number of rotatable bonds is 8. The number of carboxylic acid groups (broad SMARTS) is 1. The first-order chi connectivity index (χ1) is 13.1. The van der Waals surface area contributed by atoms with Gasteiger partial charge in [-0.05, 0) is 44.7 Å². The summed E-state index contributed by atoms with van der Waals surface area (Å²) in [6.45, 7) is 9.29. The maximum absolute atomic E-state index is 12.8. The summed E-state index contributed by atoms with van der Waals surface area (Å²) in [4.78, 5) is 29.2. The Morgan fingerprint density at radius 1 is 1.18 bits per heavy atom. The molecule has 0 aliphatic heterocycles. The maximum Gasteiger partial charge on any atom is 0.320 e. The number of carboxylic acids is 1. The molecule has 2 aromatic rings. The minimum Gasteiger partial charge on any atom is -0.481 e. The van der Waals surface area contributed by atoms with Gasteiger partial charge in [-0.15, -0.1) is 11.8 Å². The molecule has 0 unspecified atom stereocenters. The van der Waals surface area contributed by atoms with Gasteiger partial charge in [-0.3, -0.25) is 14.6 Å². The largest absolute Gasteiger partial charge is 0.481 e. The molecule has 1 N–H and O–H groups in total. The molecule has 0 radical (unpaired) electrons. The number of pyridine rings is 1. The van der Waals surface area contributed by atoms with E-state index in [2.05, 4.69) is 4.98 Å². The van der Waals surface area contributed by atoms with Crippen molar-refractivity contribution in [2.45, 2.75) is 57.6 Å². The number of carbonyl (C=O) groups is 2. The molecule has 1 aromatic heterocycles. The summed E-state index contributed by atoms with van der Waals surface area (Å²) in [7, 11) is 0. The Balaban J connectivity index is 2.29. The number of aliphatic carboxylic acids is 1. The van der Waals surface area contributed by atoms with Crippen molar-refractivity contribution in [1.82, 2.24) is 4.98 Å². The second-order valence-electron chi connectivity index (χ2n) is 8.33. The highest BCUT2D eigenvalue weighted by Crippen LogP contribution is 2.32. The lowest BCUT2D eigenvalue weighted by molar-refractivity contribution is -0.159. The average molecular weight is 404 g/mol. The normalized spacial score (nSPS) is 14.1. The van der Waals surface area contributed by atoms with Gasteiger partial charge in [-0.2, -0.15) is 0 Å². The molecule has 0 bridgehead atoms. The van der Waals surface area contributed by atoms with E-state index in [1.807, 2.05) is 44.2 Å². The Morgan fingerprint density at radius 3 is 2.46 bits per heavy atom. The van der Waals surface area contributed by atoms with E-state index in [0.717, 1.165) is 16.5 Å². The first-order valence-corrected chi connectivity index (χ1v) is 10.5. The van der Waals surface area contributed by atoms with E-state index in [-0.39, 0.29) is 5.92 Å². The third-order valence-corrected chi connectivity index (χ3v) is 5.54. The number of nitrogens with zero attached hydrogens (tertiary/aromatic N) is 1. The number of fused-ring (bicyclic) bond motifs is 1. The predicted octanol–water partition coefficient (Wildman–Crippen LogP) is 4.93. The molecule has 28 heavy (non-hydrogen) atoms. The predicted molar refractivity (Wildman–Crippen MR) is 113 cm³/mol. The maximum atomic E-state index is 12.8. The molecule has 0 saturated heterocycles. The first kappa shape index (κ1) is 22.2. The zero-order chi connectivity index (χ0) is 20.9. The Labute approximate surface area is 170 Å². The molecule has 6 heteroatoms. The number of hydrogen-bond acceptors (Lipinski definition) is 5. The third kappa shape index (κ3) is 6.23. The van der Waals surface area contributed by atoms with Crippen molar-refractivity contribution in [2.24, 2.45) is 11.8 Å². The van der Waals surface area contributed by atoms with Gasteiger partial charge >= 0.3 is 11.9 Å². The lowest BCUT2D eigenvalue weighted by atomic mass is 9.94. The van der Waals surface area contributed by atoms with Crippen LogP contribution in [-0.4, -0.2) is 32.9 Å². The van der Waals surface area contributed by atoms with Gasteiger partial charge in [0.1, 0.15) is 10.9 Å². The van der Waals surface area contributed by atoms with Crippen LogP contribution in [0.15, 0.2) is 36.5 Å². The van der Waals surface area contributed by atoms with Gasteiger partial charge in [0, 0.05) is 17.3 Å². The molecule has 0 aliphatic carbocycles. The monoisotopic (exact) mass is 403 g/mol. The van der Waals surface area contributed by atoms with Gasteiger partial charge in [-0.1, -0.05) is 38.1 Å². The highest BCUT2D eigenvalue weighted by molar-refractivity contribution is 7.99. The molecule has 1 heterocycles. The van der Waals surface area contributed by atoms with Crippen LogP contribution in [0.5, 0.6) is 0 Å². The number of esters is 1. The molecule has 2 rings (SSSR count). The highest BCUT2D eigenvalue weighted by Gasteiger charge is 2.37. The summed E-state index contributed by atoms with van der Waals surface area (Å²) >= 11 is 1.32. The number of para-hydroxylation sites is 1. The van der Waals surface area contributed by atoms with Crippen molar-refractivity contribution >= 4 is 34.6 Å². The molecule has 0 spiro atoms. The fourth-order valence-electron chi connectivity index (χ4n) is 3.03. The van der Waals surface area contributed by atoms with E-state index >= 15 is 0 Å². The Bertz CT molecular complexity index is 823. The van der Waals surface area contributed by atoms with E-state index in [1.54, 1.807) is 27.0 Å². The molecule has 0 amide bonds. The minimum absolute atomic E-state index is 0.158. The van der Waals surface area contributed by atoms with E-state index in [0.29, 0.717) is 12.2 Å². The first-order valence-electron chi connectivity index (χ1n) is 9.48. The molecule has 0 aliphatic rings. The quantitative estimate of drug-likeness (QED) is 0.630. The summed E-state index contributed by atoms with van der Waals surface area (Å²) in [5.74, 6) is -1.60. The summed E-state index contributed by atoms with van der Waals surface area (Å²) < 4.78 is 5.55. The minimum atomic E-state index is -0.965. The second-order valence-corrected chi connectivity index (χ2v) is 9.46. The molecular weight excluding hydrogens is 374 g/mol. The van der Waals surface area contributed by atoms with Crippen molar-refractivity contribution in [1.29, 1.82) is 0 Å². The van der Waals surface area contributed by atoms with E-state index in [9.17, 15) is 14.7 Å². The van der Waals surface area contributed by atoms with Gasteiger partial charge in [0.25, 0.3) is 0 Å². The second kappa shape index (κ2) is 9.41. The molecule has 2 atom stereocenters. The highest BCUT2D eigenvalue weighted by atomic mass is 32.2. The summed E-state index contributed by atoms with van der Waals surface area (Å²) in [6, 6.07) is 9.77. The third-order valence-electron chi connectivity index (χ3n) is 4.18. The van der Waals surface area contributed by atoms with E-state index in [1.165, 1.54) is 11.8 Å². The van der Waals surface area contributed by atoms with Gasteiger partial charge in [0.05, 0.1) is 11.4 Å². The standard InChI is InChI=1S/C22H29NO4S/c1-14(2)12-17(20(24)25)19(21(26)27-22(3,4)5)28-13-16-9-6-8-15-10-7-11-23-18(15)16/h6-11,14,17,19H,12-13H2,1-5H3,(H,24,25)/t17-,19+/m1/s1. The topological polar surface area (TPSA) is 76.5 Å². The van der Waals surface area contributed by atoms with Crippen molar-refractivity contribution in [3.05, 3.63) is 42.1 Å². The molecule has 0 fully saturated rings. The summed E-state index contributed by atoms with van der Waals surface area (Å²) in [6.07, 6.45) is 2.15. The van der Waals surface area contributed by atoms with Crippen molar-refractivity contribution in [3.8, 4) is 0 Å². The number of thioether (sulfide) groups is 1. The molecular formula is C22H29NO4S. The van der Waals surface area contributed by atoms with Crippen LogP contribution >= 0.6 is 11.8 Å². The van der Waals surface area contributed by atoms with Crippen LogP contribution in [0.2, 0.25) is 0 Å². The fourth-order valence-corrected chi connectivity index (χ4v) is 4.27. The average Bonchev–Trinajstić information content (AvgIpc) is 2.59. The zero-order valence-corrected chi connectivity index (χ0v) is 18.0. The van der Waals surface area contributed by atoms with Crippen molar-refractivity contribution in [2.75, 3.05) is 0 Å². The number of ether oxygens (including phenoxy) is 1. The molecule has 152 valence electrons. The van der Waals surface area contributed by atoms with Crippen LogP contribution in [0.25, 0.3) is 10.9 Å². The SMILES string of the molecule is CC(C)C[C@@H](C(=O)O)[C@H](SCc1cccc2cccnc12)C(=O)OC(C)(C)C. The van der Waals surface area contributed by atoms with Crippen LogP contribution in [0, 0.1) is 11.8 Å². The fraction of sp³-hybridized carbons (Fsp3) is 0.500. The van der Waals surface area contributed by atoms with Gasteiger partial charge < -0.3 is 9.84 Å². The molecule has 5 nitrogen and oxygen atoms in total. The summed E-state index contributed by atoms with van der Waals surface area (Å²) in [5.41, 5.74) is 1.18. The number of aromatic nitrogens is 1. The summed E-state index contributed by atoms with van der Waals surface area (Å²) in [5, 5.41) is 10.0. The van der Waals surface area contributed by atoms with Gasteiger partial charge in [0.15, 0.2) is 0 Å². The van der Waals surface area contributed by atoms with Crippen LogP contribution in [0.1, 0.15) is 46.6 Å². The lowest BCUT2D eigenvalue weighted by Gasteiger charge is -2.28. The molecule has 1 aromatic carbocycles. The zero-order valence-electron chi connectivity index (χ0n) is 17.1. The Hall–Kier alpha value is -2.08. The van der Waals surface area contributed by atoms with Crippen LogP contribution in [0.4, 0.5) is 0 Å². The Kier molecular flexibility index (Phi) is 7.47. The number of hydrogen-bond donors (Lipinski definition) is 1. The van der Waals surface area contributed by atoms with Crippen molar-refractivity contribution in [3.63, 3.8) is 0 Å². The van der Waals surface area contributed by atoms with Crippen molar-refractivity contribution < 1.29 is 19.4 Å². The van der Waals surface area contributed by atoms with Gasteiger partial charge in [-0.25, -0.2) is 0 Å². The smallest absolute Gasteiger partial charge is 0.320 e. The Morgan fingerprint density at radius 2 is 1.86 bits per heavy atom.